The Bertz CT molecular complexity index is 1100. The van der Waals surface area contributed by atoms with Crippen molar-refractivity contribution in [3.05, 3.63) is 63.8 Å². The van der Waals surface area contributed by atoms with Crippen LogP contribution in [0.3, 0.4) is 0 Å². The molecular weight excluding hydrogens is 475 g/mol. The van der Waals surface area contributed by atoms with E-state index < -0.39 is 18.0 Å². The molecule has 2 aromatic carbocycles. The Kier molecular flexibility index (Phi) is 8.14. The summed E-state index contributed by atoms with van der Waals surface area (Å²) in [5.74, 6) is 0.674. The number of hydrogen-bond donors (Lipinski definition) is 1. The normalized spacial score (nSPS) is 12.8. The van der Waals surface area contributed by atoms with Crippen LogP contribution in [-0.2, 0) is 20.9 Å². The quantitative estimate of drug-likeness (QED) is 0.356. The van der Waals surface area contributed by atoms with E-state index in [-0.39, 0.29) is 24.0 Å². The van der Waals surface area contributed by atoms with Crippen LogP contribution >= 0.6 is 30.9 Å². The smallest absolute Gasteiger partial charge is 0.298 e. The monoisotopic (exact) mass is 498 g/mol. The van der Waals surface area contributed by atoms with Gasteiger partial charge in [0.05, 0.1) is 20.3 Å². The Morgan fingerprint density at radius 1 is 1.10 bits per heavy atom. The first-order valence-corrected chi connectivity index (χ1v) is 13.6. The minimum absolute atomic E-state index is 0.0539. The van der Waals surface area contributed by atoms with Gasteiger partial charge < -0.3 is 9.84 Å². The molecule has 1 unspecified atom stereocenters. The Labute approximate surface area is 193 Å². The van der Waals surface area contributed by atoms with Crippen molar-refractivity contribution in [1.29, 1.82) is 0 Å². The average molecular weight is 499 g/mol. The lowest BCUT2D eigenvalue weighted by Crippen LogP contribution is -2.27. The molecule has 0 aliphatic heterocycles. The lowest BCUT2D eigenvalue weighted by Gasteiger charge is -2.24. The molecule has 1 aromatic heterocycles. The second kappa shape index (κ2) is 10.4. The molecule has 3 aromatic rings. The van der Waals surface area contributed by atoms with Crippen LogP contribution < -0.4 is 20.7 Å². The molecule has 0 radical (unpaired) electrons. The predicted octanol–water partition coefficient (Wildman–Crippen LogP) is 4.02. The molecule has 1 heterocycles. The fourth-order valence-electron chi connectivity index (χ4n) is 3.03. The van der Waals surface area contributed by atoms with Crippen molar-refractivity contribution < 1.29 is 22.4 Å². The first kappa shape index (κ1) is 24.2. The van der Waals surface area contributed by atoms with E-state index in [0.717, 1.165) is 21.9 Å². The topological polar surface area (TPSA) is 72.8 Å². The van der Waals surface area contributed by atoms with Crippen molar-refractivity contribution in [2.24, 2.45) is 5.92 Å². The van der Waals surface area contributed by atoms with Gasteiger partial charge in [-0.25, -0.2) is 0 Å². The predicted molar refractivity (Wildman–Crippen MR) is 128 cm³/mol. The van der Waals surface area contributed by atoms with Crippen molar-refractivity contribution in [2.45, 2.75) is 25.3 Å². The molecule has 31 heavy (non-hydrogen) atoms. The second-order valence-corrected chi connectivity index (χ2v) is 12.3. The molecule has 5 nitrogen and oxygen atoms in total. The van der Waals surface area contributed by atoms with E-state index in [1.165, 1.54) is 5.38 Å². The fourth-order valence-corrected chi connectivity index (χ4v) is 9.34. The Morgan fingerprint density at radius 3 is 2.39 bits per heavy atom. The van der Waals surface area contributed by atoms with Crippen molar-refractivity contribution in [3.63, 3.8) is 0 Å². The summed E-state index contributed by atoms with van der Waals surface area (Å²) in [5, 5.41) is 13.6. The number of aliphatic hydroxyl groups excluding tert-OH is 1. The number of aliphatic hydroxyl groups is 1. The van der Waals surface area contributed by atoms with E-state index in [1.54, 1.807) is 7.11 Å². The van der Waals surface area contributed by atoms with Gasteiger partial charge in [0.15, 0.2) is 0 Å². The SMILES string of the molecule is COc1ccccc1P(c1ccccc1CO)c1c(S(=O)(=O)OCC(C)C)csc1Cl. The lowest BCUT2D eigenvalue weighted by atomic mass is 10.2. The summed E-state index contributed by atoms with van der Waals surface area (Å²) < 4.78 is 37.5. The minimum atomic E-state index is -4.03. The average Bonchev–Trinajstić information content (AvgIpc) is 3.15. The highest BCUT2D eigenvalue weighted by molar-refractivity contribution is 7.89. The van der Waals surface area contributed by atoms with Gasteiger partial charge in [-0.15, -0.1) is 11.3 Å². The van der Waals surface area contributed by atoms with E-state index in [4.69, 9.17) is 20.5 Å². The Balaban J connectivity index is 2.29. The molecule has 0 fully saturated rings. The van der Waals surface area contributed by atoms with Crippen LogP contribution in [0.15, 0.2) is 58.8 Å². The number of ether oxygens (including phenoxy) is 1. The summed E-state index contributed by atoms with van der Waals surface area (Å²) in [5.41, 5.74) is 0.702. The van der Waals surface area contributed by atoms with Crippen molar-refractivity contribution >= 4 is 56.9 Å². The van der Waals surface area contributed by atoms with Crippen LogP contribution in [0.25, 0.3) is 0 Å². The Hall–Kier alpha value is -1.47. The van der Waals surface area contributed by atoms with E-state index in [2.05, 4.69) is 0 Å². The van der Waals surface area contributed by atoms with E-state index >= 15 is 0 Å². The van der Waals surface area contributed by atoms with Gasteiger partial charge in [-0.1, -0.05) is 67.9 Å². The first-order chi connectivity index (χ1) is 14.8. The standard InChI is InChI=1S/C22H24ClO5PS2/c1-15(2)13-28-31(25,26)20-14-30-22(23)21(20)29(18-10-6-4-8-16(18)12-24)19-11-7-5-9-17(19)27-3/h4-11,14-15,24H,12-13H2,1-3H3. The van der Waals surface area contributed by atoms with Crippen molar-refractivity contribution in [2.75, 3.05) is 13.7 Å². The van der Waals surface area contributed by atoms with Gasteiger partial charge in [-0.05, 0) is 30.8 Å². The zero-order valence-electron chi connectivity index (χ0n) is 17.4. The molecule has 3 rings (SSSR count). The van der Waals surface area contributed by atoms with Crippen LogP contribution in [0.1, 0.15) is 19.4 Å². The van der Waals surface area contributed by atoms with Crippen LogP contribution in [0.2, 0.25) is 4.34 Å². The molecule has 0 spiro atoms. The van der Waals surface area contributed by atoms with Crippen molar-refractivity contribution in [1.82, 2.24) is 0 Å². The van der Waals surface area contributed by atoms with E-state index in [1.807, 2.05) is 62.4 Å². The van der Waals surface area contributed by atoms with Gasteiger partial charge in [0.25, 0.3) is 10.1 Å². The lowest BCUT2D eigenvalue weighted by molar-refractivity contribution is 0.275. The Morgan fingerprint density at radius 2 is 1.74 bits per heavy atom. The maximum Gasteiger partial charge on any atom is 0.298 e. The van der Waals surface area contributed by atoms with E-state index in [0.29, 0.717) is 21.0 Å². The van der Waals surface area contributed by atoms with Gasteiger partial charge in [-0.3, -0.25) is 4.18 Å². The number of hydrogen-bond acceptors (Lipinski definition) is 6. The zero-order chi connectivity index (χ0) is 22.6. The van der Waals surface area contributed by atoms with Crippen LogP contribution in [-0.4, -0.2) is 27.2 Å². The molecule has 166 valence electrons. The highest BCUT2D eigenvalue weighted by atomic mass is 35.5. The molecule has 1 N–H and O–H groups in total. The maximum absolute atomic E-state index is 13.1. The number of methoxy groups -OCH3 is 1. The van der Waals surface area contributed by atoms with Gasteiger partial charge in [0.1, 0.15) is 15.0 Å². The summed E-state index contributed by atoms with van der Waals surface area (Å²) >= 11 is 7.77. The number of para-hydroxylation sites is 1. The molecule has 0 saturated carbocycles. The molecule has 0 saturated heterocycles. The third-order valence-electron chi connectivity index (χ3n) is 4.47. The first-order valence-electron chi connectivity index (χ1n) is 9.58. The molecule has 0 aliphatic carbocycles. The molecule has 0 aliphatic rings. The van der Waals surface area contributed by atoms with Gasteiger partial charge >= 0.3 is 0 Å². The number of rotatable bonds is 9. The number of thiophene rings is 1. The van der Waals surface area contributed by atoms with Crippen LogP contribution in [0, 0.1) is 5.92 Å². The molecule has 0 bridgehead atoms. The van der Waals surface area contributed by atoms with Crippen molar-refractivity contribution in [3.8, 4) is 5.75 Å². The summed E-state index contributed by atoms with van der Waals surface area (Å²) in [4.78, 5) is 0.0629. The highest BCUT2D eigenvalue weighted by Gasteiger charge is 2.33. The summed E-state index contributed by atoms with van der Waals surface area (Å²) in [6, 6.07) is 14.9. The summed E-state index contributed by atoms with van der Waals surface area (Å²) in [7, 11) is -3.91. The second-order valence-electron chi connectivity index (χ2n) is 7.15. The van der Waals surface area contributed by atoms with Gasteiger partial charge in [0, 0.05) is 16.0 Å². The molecular formula is C22H24ClO5PS2. The number of halogens is 1. The maximum atomic E-state index is 13.1. The molecule has 0 amide bonds. The third kappa shape index (κ3) is 5.30. The largest absolute Gasteiger partial charge is 0.496 e. The van der Waals surface area contributed by atoms with Crippen LogP contribution in [0.4, 0.5) is 0 Å². The van der Waals surface area contributed by atoms with Crippen LogP contribution in [0.5, 0.6) is 5.75 Å². The molecule has 1 atom stereocenters. The van der Waals surface area contributed by atoms with Gasteiger partial charge in [-0.2, -0.15) is 8.42 Å². The van der Waals surface area contributed by atoms with E-state index in [9.17, 15) is 13.5 Å². The fraction of sp³-hybridized carbons (Fsp3) is 0.273. The third-order valence-corrected chi connectivity index (χ3v) is 10.3. The summed E-state index contributed by atoms with van der Waals surface area (Å²) in [6.07, 6.45) is 0. The zero-order valence-corrected chi connectivity index (χ0v) is 20.7. The summed E-state index contributed by atoms with van der Waals surface area (Å²) in [6.45, 7) is 3.67. The minimum Gasteiger partial charge on any atom is -0.496 e. The number of benzene rings is 2. The highest BCUT2D eigenvalue weighted by Crippen LogP contribution is 2.44. The molecule has 9 heteroatoms. The van der Waals surface area contributed by atoms with Gasteiger partial charge in [0.2, 0.25) is 0 Å².